The predicted molar refractivity (Wildman–Crippen MR) is 92.9 cm³/mol. The molecule has 0 aliphatic heterocycles. The quantitative estimate of drug-likeness (QED) is 0.674. The zero-order valence-electron chi connectivity index (χ0n) is 13.1. The molecule has 1 aromatic carbocycles. The van der Waals surface area contributed by atoms with E-state index in [-0.39, 0.29) is 0 Å². The molecule has 1 heterocycles. The summed E-state index contributed by atoms with van der Waals surface area (Å²) in [5.41, 5.74) is 1.41. The van der Waals surface area contributed by atoms with E-state index >= 15 is 0 Å². The van der Waals surface area contributed by atoms with Crippen LogP contribution >= 0.6 is 11.8 Å². The second kappa shape index (κ2) is 8.96. The number of aromatic nitrogens is 1. The van der Waals surface area contributed by atoms with Crippen LogP contribution < -0.4 is 5.32 Å². The highest BCUT2D eigenvalue weighted by atomic mass is 32.2. The summed E-state index contributed by atoms with van der Waals surface area (Å²) in [6.45, 7) is 6.61. The zero-order chi connectivity index (χ0) is 14.9. The summed E-state index contributed by atoms with van der Waals surface area (Å²) in [5, 5.41) is 3.61. The monoisotopic (exact) mass is 302 g/mol. The molecule has 114 valence electrons. The second-order valence-corrected chi connectivity index (χ2v) is 6.43. The summed E-state index contributed by atoms with van der Waals surface area (Å²) in [6.07, 6.45) is 6.83. The summed E-state index contributed by atoms with van der Waals surface area (Å²) < 4.78 is 2.31. The van der Waals surface area contributed by atoms with Crippen molar-refractivity contribution in [2.24, 2.45) is 0 Å². The molecule has 0 aliphatic rings. The number of hydrogen-bond acceptors (Lipinski definition) is 2. The molecule has 1 atom stereocenters. The Kier molecular flexibility index (Phi) is 6.90. The molecule has 1 aromatic heterocycles. The Morgan fingerprint density at radius 2 is 1.95 bits per heavy atom. The third-order valence-electron chi connectivity index (χ3n) is 3.59. The van der Waals surface area contributed by atoms with Crippen LogP contribution in [-0.4, -0.2) is 16.9 Å². The fourth-order valence-electron chi connectivity index (χ4n) is 2.41. The minimum Gasteiger partial charge on any atom is -0.353 e. The molecular formula is C18H26N2S. The Hall–Kier alpha value is -1.19. The van der Waals surface area contributed by atoms with E-state index in [1.54, 1.807) is 0 Å². The first-order valence-corrected chi connectivity index (χ1v) is 8.89. The molecule has 3 heteroatoms. The fraction of sp³-hybridized carbons (Fsp3) is 0.444. The molecule has 0 amide bonds. The summed E-state index contributed by atoms with van der Waals surface area (Å²) in [4.78, 5) is 1.35. The third kappa shape index (κ3) is 5.25. The smallest absolute Gasteiger partial charge is 0.0332 e. The average molecular weight is 302 g/mol. The fourth-order valence-corrected chi connectivity index (χ4v) is 3.29. The van der Waals surface area contributed by atoms with E-state index in [0.717, 1.165) is 25.3 Å². The van der Waals surface area contributed by atoms with Gasteiger partial charge in [0.2, 0.25) is 0 Å². The Morgan fingerprint density at radius 3 is 2.67 bits per heavy atom. The molecule has 21 heavy (non-hydrogen) atoms. The Labute approximate surface area is 133 Å². The first-order valence-electron chi connectivity index (χ1n) is 7.90. The normalized spacial score (nSPS) is 12.5. The highest BCUT2D eigenvalue weighted by molar-refractivity contribution is 7.99. The SMILES string of the molecule is CCCNC(CC)c1ccn(CCSc2ccccc2)c1. The minimum absolute atomic E-state index is 0.493. The van der Waals surface area contributed by atoms with Crippen LogP contribution in [0.4, 0.5) is 0 Å². The molecule has 0 aliphatic carbocycles. The van der Waals surface area contributed by atoms with Gasteiger partial charge in [0.25, 0.3) is 0 Å². The van der Waals surface area contributed by atoms with Gasteiger partial charge in [-0.1, -0.05) is 32.0 Å². The summed E-state index contributed by atoms with van der Waals surface area (Å²) in [5.74, 6) is 1.11. The maximum Gasteiger partial charge on any atom is 0.0332 e. The number of rotatable bonds is 9. The standard InChI is InChI=1S/C18H26N2S/c1-3-11-19-18(4-2)16-10-12-20(15-16)13-14-21-17-8-6-5-7-9-17/h5-10,12,15,18-19H,3-4,11,13-14H2,1-2H3. The van der Waals surface area contributed by atoms with Crippen molar-refractivity contribution >= 4 is 11.8 Å². The van der Waals surface area contributed by atoms with Gasteiger partial charge in [0.05, 0.1) is 0 Å². The van der Waals surface area contributed by atoms with Crippen LogP contribution in [0.15, 0.2) is 53.7 Å². The summed E-state index contributed by atoms with van der Waals surface area (Å²) in [6, 6.07) is 13.4. The van der Waals surface area contributed by atoms with Crippen LogP contribution in [0.25, 0.3) is 0 Å². The van der Waals surface area contributed by atoms with Crippen LogP contribution in [0.5, 0.6) is 0 Å². The third-order valence-corrected chi connectivity index (χ3v) is 4.58. The lowest BCUT2D eigenvalue weighted by Crippen LogP contribution is -2.21. The van der Waals surface area contributed by atoms with Crippen molar-refractivity contribution in [2.75, 3.05) is 12.3 Å². The van der Waals surface area contributed by atoms with E-state index in [2.05, 4.69) is 72.5 Å². The van der Waals surface area contributed by atoms with Gasteiger partial charge in [0, 0.05) is 35.6 Å². The second-order valence-electron chi connectivity index (χ2n) is 5.26. The van der Waals surface area contributed by atoms with Gasteiger partial charge >= 0.3 is 0 Å². The number of hydrogen-bond donors (Lipinski definition) is 1. The number of nitrogens with zero attached hydrogens (tertiary/aromatic N) is 1. The topological polar surface area (TPSA) is 17.0 Å². The van der Waals surface area contributed by atoms with Gasteiger partial charge in [-0.05, 0) is 43.1 Å². The molecule has 0 bridgehead atoms. The van der Waals surface area contributed by atoms with Gasteiger partial charge in [-0.25, -0.2) is 0 Å². The van der Waals surface area contributed by atoms with E-state index in [0.29, 0.717) is 6.04 Å². The molecule has 2 aromatic rings. The molecule has 0 fully saturated rings. The molecule has 0 radical (unpaired) electrons. The molecular weight excluding hydrogens is 276 g/mol. The summed E-state index contributed by atoms with van der Waals surface area (Å²) >= 11 is 1.92. The Bertz CT molecular complexity index is 507. The van der Waals surface area contributed by atoms with E-state index < -0.39 is 0 Å². The molecule has 0 saturated carbocycles. The first kappa shape index (κ1) is 16.2. The number of benzene rings is 1. The summed E-state index contributed by atoms with van der Waals surface area (Å²) in [7, 11) is 0. The lowest BCUT2D eigenvalue weighted by Gasteiger charge is -2.15. The van der Waals surface area contributed by atoms with Crippen molar-refractivity contribution in [1.82, 2.24) is 9.88 Å². The van der Waals surface area contributed by atoms with Crippen LogP contribution in [0.1, 0.15) is 38.3 Å². The lowest BCUT2D eigenvalue weighted by molar-refractivity contribution is 0.517. The number of aryl methyl sites for hydroxylation is 1. The molecule has 2 nitrogen and oxygen atoms in total. The van der Waals surface area contributed by atoms with E-state index in [1.165, 1.54) is 16.9 Å². The maximum atomic E-state index is 3.61. The van der Waals surface area contributed by atoms with Gasteiger partial charge in [0.15, 0.2) is 0 Å². The van der Waals surface area contributed by atoms with Crippen molar-refractivity contribution in [3.05, 3.63) is 54.4 Å². The highest BCUT2D eigenvalue weighted by Gasteiger charge is 2.09. The molecule has 0 saturated heterocycles. The molecule has 1 N–H and O–H groups in total. The lowest BCUT2D eigenvalue weighted by atomic mass is 10.1. The number of nitrogens with one attached hydrogen (secondary N) is 1. The first-order chi connectivity index (χ1) is 10.3. The van der Waals surface area contributed by atoms with Crippen LogP contribution in [0.3, 0.4) is 0 Å². The van der Waals surface area contributed by atoms with Crippen molar-refractivity contribution in [2.45, 2.75) is 44.2 Å². The molecule has 2 rings (SSSR count). The van der Waals surface area contributed by atoms with Crippen molar-refractivity contribution in [3.8, 4) is 0 Å². The van der Waals surface area contributed by atoms with Crippen molar-refractivity contribution < 1.29 is 0 Å². The van der Waals surface area contributed by atoms with Crippen LogP contribution in [0, 0.1) is 0 Å². The average Bonchev–Trinajstić information content (AvgIpc) is 2.98. The molecule has 1 unspecified atom stereocenters. The Morgan fingerprint density at radius 1 is 1.14 bits per heavy atom. The van der Waals surface area contributed by atoms with Gasteiger partial charge in [0.1, 0.15) is 0 Å². The highest BCUT2D eigenvalue weighted by Crippen LogP contribution is 2.19. The van der Waals surface area contributed by atoms with Crippen LogP contribution in [0.2, 0.25) is 0 Å². The van der Waals surface area contributed by atoms with Gasteiger partial charge < -0.3 is 9.88 Å². The van der Waals surface area contributed by atoms with Gasteiger partial charge in [-0.15, -0.1) is 11.8 Å². The van der Waals surface area contributed by atoms with E-state index in [4.69, 9.17) is 0 Å². The minimum atomic E-state index is 0.493. The van der Waals surface area contributed by atoms with Crippen LogP contribution in [-0.2, 0) is 6.54 Å². The van der Waals surface area contributed by atoms with E-state index in [1.807, 2.05) is 11.8 Å². The maximum absolute atomic E-state index is 3.61. The predicted octanol–water partition coefficient (Wildman–Crippen LogP) is 4.73. The van der Waals surface area contributed by atoms with Crippen molar-refractivity contribution in [1.29, 1.82) is 0 Å². The zero-order valence-corrected chi connectivity index (χ0v) is 13.9. The number of thioether (sulfide) groups is 1. The van der Waals surface area contributed by atoms with Gasteiger partial charge in [-0.2, -0.15) is 0 Å². The van der Waals surface area contributed by atoms with Crippen molar-refractivity contribution in [3.63, 3.8) is 0 Å². The largest absolute Gasteiger partial charge is 0.353 e. The van der Waals surface area contributed by atoms with E-state index in [9.17, 15) is 0 Å². The molecule has 0 spiro atoms. The van der Waals surface area contributed by atoms with Gasteiger partial charge in [-0.3, -0.25) is 0 Å². The Balaban J connectivity index is 1.82.